The largest absolute Gasteiger partial charge is 0.478 e. The first-order valence-electron chi connectivity index (χ1n) is 11.3. The van der Waals surface area contributed by atoms with Gasteiger partial charge in [0.2, 0.25) is 0 Å². The number of carbonyl (C=O) groups excluding carboxylic acids is 2. The molecule has 1 aliphatic rings. The normalized spacial score (nSPS) is 13.9. The van der Waals surface area contributed by atoms with E-state index in [2.05, 4.69) is 21.8 Å². The molecule has 1 aliphatic carbocycles. The van der Waals surface area contributed by atoms with Crippen molar-refractivity contribution in [1.29, 1.82) is 0 Å². The molecule has 2 aromatic carbocycles. The van der Waals surface area contributed by atoms with Gasteiger partial charge in [-0.2, -0.15) is 4.37 Å². The SMILES string of the molecule is CCC(C)(NC(=O)OCC1c2ccccc2-c2ccccc21)C(=O)N(C)c1snc(C)c1C(=O)O. The van der Waals surface area contributed by atoms with Crippen LogP contribution in [0, 0.1) is 6.92 Å². The summed E-state index contributed by atoms with van der Waals surface area (Å²) in [5.41, 5.74) is 3.45. The van der Waals surface area contributed by atoms with Crippen LogP contribution in [0.25, 0.3) is 11.1 Å². The summed E-state index contributed by atoms with van der Waals surface area (Å²) in [6, 6.07) is 16.1. The Bertz CT molecular complexity index is 1260. The van der Waals surface area contributed by atoms with Crippen LogP contribution in [0.15, 0.2) is 48.5 Å². The van der Waals surface area contributed by atoms with Crippen molar-refractivity contribution in [2.45, 2.75) is 38.6 Å². The number of nitrogens with one attached hydrogen (secondary N) is 1. The standard InChI is InChI=1S/C26H27N3O5S/c1-5-26(3,24(32)29(4)22-21(23(30)31)15(2)28-35-22)27-25(33)34-14-20-18-12-8-6-10-16(18)17-11-7-9-13-19(17)20/h6-13,20H,5,14H2,1-4H3,(H,27,33)(H,30,31). The average molecular weight is 494 g/mol. The van der Waals surface area contributed by atoms with E-state index >= 15 is 0 Å². The van der Waals surface area contributed by atoms with Crippen LogP contribution in [0.3, 0.4) is 0 Å². The van der Waals surface area contributed by atoms with Crippen molar-refractivity contribution in [3.05, 3.63) is 70.9 Å². The van der Waals surface area contributed by atoms with Crippen LogP contribution in [0.5, 0.6) is 0 Å². The number of rotatable bonds is 7. The molecule has 2 amide bonds. The third-order valence-electron chi connectivity index (χ3n) is 6.57. The maximum Gasteiger partial charge on any atom is 0.408 e. The Morgan fingerprint density at radius 2 is 1.69 bits per heavy atom. The van der Waals surface area contributed by atoms with Gasteiger partial charge in [-0.05, 0) is 54.1 Å². The topological polar surface area (TPSA) is 109 Å². The molecule has 3 aromatic rings. The number of ether oxygens (including phenoxy) is 1. The van der Waals surface area contributed by atoms with Gasteiger partial charge in [0.1, 0.15) is 22.7 Å². The highest BCUT2D eigenvalue weighted by Crippen LogP contribution is 2.44. The van der Waals surface area contributed by atoms with Crippen molar-refractivity contribution < 1.29 is 24.2 Å². The highest BCUT2D eigenvalue weighted by atomic mass is 32.1. The van der Waals surface area contributed by atoms with E-state index in [9.17, 15) is 19.5 Å². The van der Waals surface area contributed by atoms with Gasteiger partial charge in [0, 0.05) is 13.0 Å². The maximum atomic E-state index is 13.3. The van der Waals surface area contributed by atoms with Crippen LogP contribution in [0.2, 0.25) is 0 Å². The third kappa shape index (κ3) is 4.39. The molecule has 1 aromatic heterocycles. The fraction of sp³-hybridized carbons (Fsp3) is 0.308. The van der Waals surface area contributed by atoms with Crippen molar-refractivity contribution >= 4 is 34.5 Å². The number of hydrogen-bond acceptors (Lipinski definition) is 6. The molecule has 0 spiro atoms. The summed E-state index contributed by atoms with van der Waals surface area (Å²) in [5, 5.41) is 12.4. The molecular formula is C26H27N3O5S. The minimum Gasteiger partial charge on any atom is -0.478 e. The fourth-order valence-corrected chi connectivity index (χ4v) is 5.29. The van der Waals surface area contributed by atoms with E-state index in [4.69, 9.17) is 4.74 Å². The quantitative estimate of drug-likeness (QED) is 0.488. The number of aromatic carboxylic acids is 1. The first-order valence-corrected chi connectivity index (χ1v) is 12.1. The molecule has 9 heteroatoms. The fourth-order valence-electron chi connectivity index (χ4n) is 4.45. The summed E-state index contributed by atoms with van der Waals surface area (Å²) in [6.45, 7) is 5.07. The second-order valence-electron chi connectivity index (χ2n) is 8.75. The minimum atomic E-state index is -1.30. The smallest absolute Gasteiger partial charge is 0.408 e. The van der Waals surface area contributed by atoms with Crippen molar-refractivity contribution in [2.24, 2.45) is 0 Å². The number of carboxylic acid groups (broad SMARTS) is 1. The molecule has 1 atom stereocenters. The third-order valence-corrected chi connectivity index (χ3v) is 7.58. The number of anilines is 1. The van der Waals surface area contributed by atoms with E-state index in [0.29, 0.717) is 5.69 Å². The van der Waals surface area contributed by atoms with Gasteiger partial charge in [-0.3, -0.25) is 4.79 Å². The van der Waals surface area contributed by atoms with Crippen molar-refractivity contribution in [1.82, 2.24) is 9.69 Å². The van der Waals surface area contributed by atoms with E-state index in [1.165, 1.54) is 11.9 Å². The van der Waals surface area contributed by atoms with Gasteiger partial charge in [0.25, 0.3) is 5.91 Å². The number of benzene rings is 2. The van der Waals surface area contributed by atoms with E-state index in [1.54, 1.807) is 20.8 Å². The van der Waals surface area contributed by atoms with Crippen LogP contribution in [-0.2, 0) is 9.53 Å². The number of aromatic nitrogens is 1. The Morgan fingerprint density at radius 3 is 2.23 bits per heavy atom. The molecule has 2 N–H and O–H groups in total. The number of likely N-dealkylation sites (N-methyl/N-ethyl adjacent to an activating group) is 1. The molecule has 0 saturated carbocycles. The molecule has 0 radical (unpaired) electrons. The van der Waals surface area contributed by atoms with Gasteiger partial charge in [-0.1, -0.05) is 55.5 Å². The molecule has 0 saturated heterocycles. The van der Waals surface area contributed by atoms with Gasteiger partial charge < -0.3 is 20.1 Å². The Kier molecular flexibility index (Phi) is 6.62. The predicted molar refractivity (Wildman–Crippen MR) is 134 cm³/mol. The zero-order chi connectivity index (χ0) is 25.3. The van der Waals surface area contributed by atoms with Crippen LogP contribution in [0.4, 0.5) is 9.80 Å². The summed E-state index contributed by atoms with van der Waals surface area (Å²) < 4.78 is 9.69. The number of hydrogen-bond donors (Lipinski definition) is 2. The number of amides is 2. The van der Waals surface area contributed by atoms with Crippen molar-refractivity contribution in [3.8, 4) is 11.1 Å². The van der Waals surface area contributed by atoms with Gasteiger partial charge in [0.05, 0.1) is 5.69 Å². The Labute approximate surface area is 207 Å². The number of nitrogens with zero attached hydrogens (tertiary/aromatic N) is 2. The monoisotopic (exact) mass is 493 g/mol. The maximum absolute atomic E-state index is 13.3. The van der Waals surface area contributed by atoms with Gasteiger partial charge in [0.15, 0.2) is 0 Å². The highest BCUT2D eigenvalue weighted by Gasteiger charge is 2.39. The number of fused-ring (bicyclic) bond motifs is 3. The molecule has 4 rings (SSSR count). The van der Waals surface area contributed by atoms with E-state index < -0.39 is 23.5 Å². The van der Waals surface area contributed by atoms with E-state index in [1.807, 2.05) is 36.4 Å². The Hall–Kier alpha value is -3.72. The summed E-state index contributed by atoms with van der Waals surface area (Å²) >= 11 is 0.931. The molecular weight excluding hydrogens is 466 g/mol. The van der Waals surface area contributed by atoms with Crippen molar-refractivity contribution in [2.75, 3.05) is 18.6 Å². The van der Waals surface area contributed by atoms with E-state index in [0.717, 1.165) is 33.8 Å². The molecule has 0 bridgehead atoms. The molecule has 0 fully saturated rings. The summed E-state index contributed by atoms with van der Waals surface area (Å²) in [7, 11) is 1.48. The average Bonchev–Trinajstić information content (AvgIpc) is 3.39. The Morgan fingerprint density at radius 1 is 1.11 bits per heavy atom. The number of carbonyl (C=O) groups is 3. The molecule has 1 heterocycles. The van der Waals surface area contributed by atoms with Crippen LogP contribution < -0.4 is 10.2 Å². The highest BCUT2D eigenvalue weighted by molar-refractivity contribution is 7.11. The van der Waals surface area contributed by atoms with Gasteiger partial charge >= 0.3 is 12.1 Å². The van der Waals surface area contributed by atoms with Crippen molar-refractivity contribution in [3.63, 3.8) is 0 Å². The zero-order valence-corrected chi connectivity index (χ0v) is 20.8. The lowest BCUT2D eigenvalue weighted by Crippen LogP contribution is -2.57. The number of carboxylic acids is 1. The van der Waals surface area contributed by atoms with Crippen LogP contribution in [-0.4, -0.2) is 46.6 Å². The van der Waals surface area contributed by atoms with E-state index in [-0.39, 0.29) is 29.5 Å². The molecule has 182 valence electrons. The molecule has 0 aliphatic heterocycles. The first-order chi connectivity index (χ1) is 16.7. The lowest BCUT2D eigenvalue weighted by molar-refractivity contribution is -0.124. The Balaban J connectivity index is 1.48. The van der Waals surface area contributed by atoms with Gasteiger partial charge in [-0.25, -0.2) is 9.59 Å². The lowest BCUT2D eigenvalue weighted by atomic mass is 9.97. The first kappa shape index (κ1) is 24.4. The van der Waals surface area contributed by atoms with Crippen LogP contribution in [0.1, 0.15) is 53.4 Å². The minimum absolute atomic E-state index is 0.0227. The summed E-state index contributed by atoms with van der Waals surface area (Å²) in [5.74, 6) is -1.72. The molecule has 1 unspecified atom stereocenters. The second kappa shape index (κ2) is 9.50. The zero-order valence-electron chi connectivity index (χ0n) is 20.0. The summed E-state index contributed by atoms with van der Waals surface area (Å²) in [6.07, 6.45) is -0.433. The summed E-state index contributed by atoms with van der Waals surface area (Å²) in [4.78, 5) is 39.1. The predicted octanol–water partition coefficient (Wildman–Crippen LogP) is 4.82. The van der Waals surface area contributed by atoms with Gasteiger partial charge in [-0.15, -0.1) is 0 Å². The molecule has 8 nitrogen and oxygen atoms in total. The second-order valence-corrected chi connectivity index (χ2v) is 9.51. The molecule has 35 heavy (non-hydrogen) atoms. The number of aryl methyl sites for hydroxylation is 1. The number of alkyl carbamates (subject to hydrolysis) is 1. The van der Waals surface area contributed by atoms with Crippen LogP contribution >= 0.6 is 11.5 Å². The lowest BCUT2D eigenvalue weighted by Gasteiger charge is -2.32.